The monoisotopic (exact) mass is 255 g/mol. The molecule has 2 heterocycles. The topological polar surface area (TPSA) is 12.0 Å². The Labute approximate surface area is 107 Å². The van der Waals surface area contributed by atoms with Gasteiger partial charge in [0.2, 0.25) is 0 Å². The molecule has 2 unspecified atom stereocenters. The second kappa shape index (κ2) is 5.56. The minimum Gasteiger partial charge on any atom is -0.307 e. The number of thiophene rings is 1. The van der Waals surface area contributed by atoms with Crippen molar-refractivity contribution in [2.45, 2.75) is 61.6 Å². The van der Waals surface area contributed by atoms with Crippen LogP contribution in [0.2, 0.25) is 0 Å². The first-order valence-electron chi connectivity index (χ1n) is 6.20. The number of hydrogen-bond donors (Lipinski definition) is 1. The van der Waals surface area contributed by atoms with Crippen molar-refractivity contribution in [1.29, 1.82) is 0 Å². The third-order valence-electron chi connectivity index (χ3n) is 3.12. The number of fused-ring (bicyclic) bond motifs is 1. The van der Waals surface area contributed by atoms with Crippen molar-refractivity contribution < 1.29 is 0 Å². The lowest BCUT2D eigenvalue weighted by Gasteiger charge is -2.30. The smallest absolute Gasteiger partial charge is 0.0649 e. The highest BCUT2D eigenvalue weighted by Gasteiger charge is 2.26. The molecule has 3 heteroatoms. The van der Waals surface area contributed by atoms with Gasteiger partial charge in [0.05, 0.1) is 4.21 Å². The predicted octanol–water partition coefficient (Wildman–Crippen LogP) is 4.45. The van der Waals surface area contributed by atoms with E-state index in [4.69, 9.17) is 0 Å². The first kappa shape index (κ1) is 12.5. The van der Waals surface area contributed by atoms with Gasteiger partial charge in [-0.05, 0) is 36.8 Å². The van der Waals surface area contributed by atoms with Crippen LogP contribution in [0.4, 0.5) is 0 Å². The summed E-state index contributed by atoms with van der Waals surface area (Å²) in [7, 11) is 0. The van der Waals surface area contributed by atoms with Gasteiger partial charge in [-0.25, -0.2) is 0 Å². The molecule has 0 amide bonds. The van der Waals surface area contributed by atoms with Crippen LogP contribution < -0.4 is 5.32 Å². The summed E-state index contributed by atoms with van der Waals surface area (Å²) in [5, 5.41) is 6.76. The SMILES string of the molecule is CCCC(C)NC1C[C@H](C)Sc2sccc21. The molecule has 0 bridgehead atoms. The van der Waals surface area contributed by atoms with Crippen LogP contribution in [0.5, 0.6) is 0 Å². The van der Waals surface area contributed by atoms with Crippen molar-refractivity contribution >= 4 is 23.1 Å². The van der Waals surface area contributed by atoms with Gasteiger partial charge in [0, 0.05) is 17.3 Å². The summed E-state index contributed by atoms with van der Waals surface area (Å²) in [4.78, 5) is 0. The zero-order valence-electron chi connectivity index (χ0n) is 10.3. The maximum absolute atomic E-state index is 3.79. The molecule has 0 aliphatic carbocycles. The molecule has 16 heavy (non-hydrogen) atoms. The summed E-state index contributed by atoms with van der Waals surface area (Å²) in [6.45, 7) is 6.90. The van der Waals surface area contributed by atoms with Gasteiger partial charge in [-0.15, -0.1) is 23.1 Å². The number of nitrogens with one attached hydrogen (secondary N) is 1. The second-order valence-corrected chi connectivity index (χ2v) is 7.36. The van der Waals surface area contributed by atoms with Crippen LogP contribution in [0.15, 0.2) is 15.7 Å². The second-order valence-electron chi connectivity index (χ2n) is 4.74. The molecule has 0 aromatic carbocycles. The van der Waals surface area contributed by atoms with E-state index in [-0.39, 0.29) is 0 Å². The highest BCUT2D eigenvalue weighted by atomic mass is 32.2. The predicted molar refractivity (Wildman–Crippen MR) is 74.5 cm³/mol. The van der Waals surface area contributed by atoms with Crippen LogP contribution in [-0.4, -0.2) is 11.3 Å². The van der Waals surface area contributed by atoms with Crippen LogP contribution in [0.3, 0.4) is 0 Å². The lowest BCUT2D eigenvalue weighted by atomic mass is 10.0. The number of hydrogen-bond acceptors (Lipinski definition) is 3. The summed E-state index contributed by atoms with van der Waals surface area (Å²) in [6, 6.07) is 3.52. The molecule has 0 spiro atoms. The Morgan fingerprint density at radius 1 is 1.56 bits per heavy atom. The quantitative estimate of drug-likeness (QED) is 0.853. The zero-order chi connectivity index (χ0) is 11.5. The van der Waals surface area contributed by atoms with E-state index >= 15 is 0 Å². The van der Waals surface area contributed by atoms with E-state index in [1.165, 1.54) is 29.0 Å². The van der Waals surface area contributed by atoms with Crippen LogP contribution in [0.25, 0.3) is 0 Å². The largest absolute Gasteiger partial charge is 0.307 e. The molecule has 1 aromatic heterocycles. The molecule has 1 aliphatic rings. The van der Waals surface area contributed by atoms with E-state index in [0.29, 0.717) is 12.1 Å². The Morgan fingerprint density at radius 3 is 3.12 bits per heavy atom. The highest BCUT2D eigenvalue weighted by molar-refractivity contribution is 8.01. The van der Waals surface area contributed by atoms with Crippen molar-refractivity contribution in [3.05, 3.63) is 17.0 Å². The van der Waals surface area contributed by atoms with Gasteiger partial charge >= 0.3 is 0 Å². The Balaban J connectivity index is 2.05. The van der Waals surface area contributed by atoms with E-state index < -0.39 is 0 Å². The molecule has 0 radical (unpaired) electrons. The van der Waals surface area contributed by atoms with Gasteiger partial charge in [-0.3, -0.25) is 0 Å². The van der Waals surface area contributed by atoms with E-state index in [1.54, 1.807) is 0 Å². The van der Waals surface area contributed by atoms with Gasteiger partial charge in [-0.1, -0.05) is 20.3 Å². The summed E-state index contributed by atoms with van der Waals surface area (Å²) in [5.74, 6) is 0. The van der Waals surface area contributed by atoms with Crippen LogP contribution in [0.1, 0.15) is 51.6 Å². The molecule has 0 saturated heterocycles. The fraction of sp³-hybridized carbons (Fsp3) is 0.692. The fourth-order valence-electron chi connectivity index (χ4n) is 2.37. The number of thioether (sulfide) groups is 1. The standard InChI is InChI=1S/C13H21NS2/c1-4-5-9(2)14-12-8-10(3)16-13-11(12)6-7-15-13/h6-7,9-10,12,14H,4-5,8H2,1-3H3/t9?,10-,12?/m0/s1. The molecule has 3 atom stereocenters. The molecule has 1 aromatic rings. The van der Waals surface area contributed by atoms with Gasteiger partial charge in [-0.2, -0.15) is 0 Å². The average Bonchev–Trinajstić information content (AvgIpc) is 2.65. The summed E-state index contributed by atoms with van der Waals surface area (Å²) in [5.41, 5.74) is 1.54. The molecular formula is C13H21NS2. The van der Waals surface area contributed by atoms with Crippen LogP contribution in [-0.2, 0) is 0 Å². The molecule has 1 aliphatic heterocycles. The minimum absolute atomic E-state index is 0.582. The van der Waals surface area contributed by atoms with E-state index in [1.807, 2.05) is 23.1 Å². The van der Waals surface area contributed by atoms with Crippen molar-refractivity contribution in [1.82, 2.24) is 5.32 Å². The van der Waals surface area contributed by atoms with Crippen molar-refractivity contribution in [3.8, 4) is 0 Å². The highest BCUT2D eigenvalue weighted by Crippen LogP contribution is 2.43. The maximum atomic E-state index is 3.79. The molecule has 2 rings (SSSR count). The molecule has 90 valence electrons. The Hall–Kier alpha value is 0.0100. The Kier molecular flexibility index (Phi) is 4.34. The van der Waals surface area contributed by atoms with Gasteiger partial charge in [0.15, 0.2) is 0 Å². The zero-order valence-corrected chi connectivity index (χ0v) is 12.0. The first-order chi connectivity index (χ1) is 7.70. The molecule has 0 fully saturated rings. The van der Waals surface area contributed by atoms with Crippen LogP contribution in [0, 0.1) is 0 Å². The van der Waals surface area contributed by atoms with E-state index in [2.05, 4.69) is 37.5 Å². The van der Waals surface area contributed by atoms with Crippen LogP contribution >= 0.6 is 23.1 Å². The third kappa shape index (κ3) is 2.82. The normalized spacial score (nSPS) is 26.4. The van der Waals surface area contributed by atoms with E-state index in [9.17, 15) is 0 Å². The van der Waals surface area contributed by atoms with Gasteiger partial charge < -0.3 is 5.32 Å². The maximum Gasteiger partial charge on any atom is 0.0649 e. The summed E-state index contributed by atoms with van der Waals surface area (Å²) in [6.07, 6.45) is 3.81. The van der Waals surface area contributed by atoms with Crippen molar-refractivity contribution in [3.63, 3.8) is 0 Å². The lowest BCUT2D eigenvalue weighted by molar-refractivity contribution is 0.409. The third-order valence-corrected chi connectivity index (χ3v) is 5.46. The summed E-state index contributed by atoms with van der Waals surface area (Å²) >= 11 is 3.94. The molecule has 0 saturated carbocycles. The molecular weight excluding hydrogens is 234 g/mol. The minimum atomic E-state index is 0.582. The average molecular weight is 255 g/mol. The Morgan fingerprint density at radius 2 is 2.38 bits per heavy atom. The van der Waals surface area contributed by atoms with Crippen molar-refractivity contribution in [2.75, 3.05) is 0 Å². The lowest BCUT2D eigenvalue weighted by Crippen LogP contribution is -2.33. The van der Waals surface area contributed by atoms with Gasteiger partial charge in [0.25, 0.3) is 0 Å². The molecule has 1 N–H and O–H groups in total. The first-order valence-corrected chi connectivity index (χ1v) is 7.96. The fourth-order valence-corrected chi connectivity index (χ4v) is 4.93. The van der Waals surface area contributed by atoms with Crippen molar-refractivity contribution in [2.24, 2.45) is 0 Å². The summed E-state index contributed by atoms with van der Waals surface area (Å²) < 4.78 is 1.53. The van der Waals surface area contributed by atoms with E-state index in [0.717, 1.165) is 5.25 Å². The molecule has 1 nitrogen and oxygen atoms in total. The van der Waals surface area contributed by atoms with Gasteiger partial charge in [0.1, 0.15) is 0 Å². The Bertz CT molecular complexity index is 334. The number of rotatable bonds is 4.